The van der Waals surface area contributed by atoms with Crippen LogP contribution in [0.1, 0.15) is 67.8 Å². The van der Waals surface area contributed by atoms with Crippen LogP contribution in [-0.4, -0.2) is 16.0 Å². The fourth-order valence-electron chi connectivity index (χ4n) is 4.23. The second-order valence-corrected chi connectivity index (χ2v) is 9.05. The van der Waals surface area contributed by atoms with Crippen LogP contribution in [0.25, 0.3) is 0 Å². The van der Waals surface area contributed by atoms with E-state index in [9.17, 15) is 4.79 Å². The summed E-state index contributed by atoms with van der Waals surface area (Å²) >= 11 is 0. The van der Waals surface area contributed by atoms with Gasteiger partial charge >= 0.3 is 0 Å². The van der Waals surface area contributed by atoms with Crippen molar-refractivity contribution in [3.63, 3.8) is 0 Å². The van der Waals surface area contributed by atoms with E-state index in [2.05, 4.69) is 29.3 Å². The van der Waals surface area contributed by atoms with E-state index in [1.807, 2.05) is 91.9 Å². The molecule has 0 aliphatic heterocycles. The summed E-state index contributed by atoms with van der Waals surface area (Å²) in [6.45, 7) is 6.30. The standard InChI is InChI=1S/C29H31N3O3/c1-20(2)18-26(22-12-6-4-7-13-22)31-29(33)27(35-23-14-8-5-9-15-23)25-17-11-10-16-24(25)21(3)28-30-19-34-32-28/h4-17,19-21,26-27H,18H2,1-3H3,(H,31,33). The first-order valence-corrected chi connectivity index (χ1v) is 11.9. The number of carbonyl (C=O) groups excluding carboxylic acids is 1. The Balaban J connectivity index is 1.70. The summed E-state index contributed by atoms with van der Waals surface area (Å²) in [6.07, 6.45) is 1.27. The van der Waals surface area contributed by atoms with Gasteiger partial charge in [-0.25, -0.2) is 0 Å². The number of nitrogens with zero attached hydrogens (tertiary/aromatic N) is 2. The molecule has 4 rings (SSSR count). The average Bonchev–Trinajstić information content (AvgIpc) is 3.42. The van der Waals surface area contributed by atoms with E-state index in [0.717, 1.165) is 23.1 Å². The van der Waals surface area contributed by atoms with Gasteiger partial charge in [-0.05, 0) is 35.6 Å². The van der Waals surface area contributed by atoms with Crippen molar-refractivity contribution in [1.29, 1.82) is 0 Å². The summed E-state index contributed by atoms with van der Waals surface area (Å²) < 4.78 is 11.3. The van der Waals surface area contributed by atoms with E-state index < -0.39 is 6.10 Å². The predicted octanol–water partition coefficient (Wildman–Crippen LogP) is 6.25. The molecule has 35 heavy (non-hydrogen) atoms. The predicted molar refractivity (Wildman–Crippen MR) is 135 cm³/mol. The maximum atomic E-state index is 13.9. The second-order valence-electron chi connectivity index (χ2n) is 9.05. The van der Waals surface area contributed by atoms with Crippen molar-refractivity contribution in [3.05, 3.63) is 114 Å². The van der Waals surface area contributed by atoms with Crippen LogP contribution in [0.15, 0.2) is 95.8 Å². The number of amides is 1. The van der Waals surface area contributed by atoms with E-state index in [4.69, 9.17) is 9.26 Å². The number of carbonyl (C=O) groups is 1. The van der Waals surface area contributed by atoms with Crippen LogP contribution in [0, 0.1) is 5.92 Å². The quantitative estimate of drug-likeness (QED) is 0.297. The third-order valence-corrected chi connectivity index (χ3v) is 5.97. The lowest BCUT2D eigenvalue weighted by Crippen LogP contribution is -2.36. The summed E-state index contributed by atoms with van der Waals surface area (Å²) in [5, 5.41) is 7.29. The van der Waals surface area contributed by atoms with Crippen LogP contribution in [0.4, 0.5) is 0 Å². The lowest BCUT2D eigenvalue weighted by molar-refractivity contribution is -0.129. The van der Waals surface area contributed by atoms with Gasteiger partial charge in [-0.3, -0.25) is 4.79 Å². The number of rotatable bonds is 10. The molecular weight excluding hydrogens is 438 g/mol. The SMILES string of the molecule is CC(C)CC(NC(=O)C(Oc1ccccc1)c1ccccc1C(C)c1ncon1)c1ccccc1. The van der Waals surface area contributed by atoms with Crippen LogP contribution in [-0.2, 0) is 4.79 Å². The summed E-state index contributed by atoms with van der Waals surface area (Å²) in [5.41, 5.74) is 2.74. The van der Waals surface area contributed by atoms with E-state index in [1.54, 1.807) is 0 Å². The molecule has 0 saturated carbocycles. The number of para-hydroxylation sites is 1. The molecule has 3 atom stereocenters. The molecular formula is C29H31N3O3. The Labute approximate surface area is 206 Å². The van der Waals surface area contributed by atoms with Gasteiger partial charge in [-0.2, -0.15) is 4.98 Å². The molecule has 3 aromatic carbocycles. The molecule has 1 aromatic heterocycles. The molecule has 180 valence electrons. The number of aromatic nitrogens is 2. The normalized spacial score (nSPS) is 13.7. The van der Waals surface area contributed by atoms with Crippen molar-refractivity contribution in [2.45, 2.75) is 45.3 Å². The van der Waals surface area contributed by atoms with Gasteiger partial charge in [0.2, 0.25) is 12.5 Å². The first kappa shape index (κ1) is 24.2. The van der Waals surface area contributed by atoms with Crippen LogP contribution in [0.2, 0.25) is 0 Å². The summed E-state index contributed by atoms with van der Waals surface area (Å²) in [7, 11) is 0. The fourth-order valence-corrected chi connectivity index (χ4v) is 4.23. The topological polar surface area (TPSA) is 77.2 Å². The second kappa shape index (κ2) is 11.5. The molecule has 0 aliphatic carbocycles. The Bertz CT molecular complexity index is 1190. The van der Waals surface area contributed by atoms with Gasteiger partial charge in [0, 0.05) is 11.5 Å². The Kier molecular flexibility index (Phi) is 7.93. The molecule has 0 aliphatic rings. The summed E-state index contributed by atoms with van der Waals surface area (Å²) in [6, 6.07) is 27.1. The van der Waals surface area contributed by atoms with E-state index >= 15 is 0 Å². The van der Waals surface area contributed by atoms with Crippen molar-refractivity contribution in [2.24, 2.45) is 5.92 Å². The zero-order valence-corrected chi connectivity index (χ0v) is 20.3. The van der Waals surface area contributed by atoms with Crippen molar-refractivity contribution in [3.8, 4) is 5.75 Å². The minimum atomic E-state index is -0.860. The van der Waals surface area contributed by atoms with Crippen LogP contribution < -0.4 is 10.1 Å². The molecule has 1 N–H and O–H groups in total. The number of ether oxygens (including phenoxy) is 1. The average molecular weight is 470 g/mol. The largest absolute Gasteiger partial charge is 0.476 e. The van der Waals surface area contributed by atoms with Crippen molar-refractivity contribution >= 4 is 5.91 Å². The molecule has 0 spiro atoms. The third kappa shape index (κ3) is 6.15. The minimum absolute atomic E-state index is 0.132. The van der Waals surface area contributed by atoms with Gasteiger partial charge in [0.25, 0.3) is 5.91 Å². The van der Waals surface area contributed by atoms with Gasteiger partial charge < -0.3 is 14.6 Å². The lowest BCUT2D eigenvalue weighted by atomic mass is 9.91. The molecule has 0 fully saturated rings. The van der Waals surface area contributed by atoms with Crippen LogP contribution >= 0.6 is 0 Å². The highest BCUT2D eigenvalue weighted by Crippen LogP contribution is 2.32. The monoisotopic (exact) mass is 469 g/mol. The molecule has 3 unspecified atom stereocenters. The highest BCUT2D eigenvalue weighted by molar-refractivity contribution is 5.83. The fraction of sp³-hybridized carbons (Fsp3) is 0.276. The minimum Gasteiger partial charge on any atom is -0.476 e. The van der Waals surface area contributed by atoms with Crippen LogP contribution in [0.5, 0.6) is 5.75 Å². The van der Waals surface area contributed by atoms with Crippen molar-refractivity contribution < 1.29 is 14.1 Å². The first-order chi connectivity index (χ1) is 17.0. The highest BCUT2D eigenvalue weighted by Gasteiger charge is 2.30. The molecule has 6 nitrogen and oxygen atoms in total. The number of hydrogen-bond donors (Lipinski definition) is 1. The zero-order valence-electron chi connectivity index (χ0n) is 20.3. The lowest BCUT2D eigenvalue weighted by Gasteiger charge is -2.27. The van der Waals surface area contributed by atoms with Gasteiger partial charge in [0.1, 0.15) is 5.75 Å². The molecule has 0 radical (unpaired) electrons. The number of benzene rings is 3. The van der Waals surface area contributed by atoms with Crippen molar-refractivity contribution in [2.75, 3.05) is 0 Å². The van der Waals surface area contributed by atoms with Gasteiger partial charge in [-0.15, -0.1) is 0 Å². The molecule has 0 saturated heterocycles. The Hall–Kier alpha value is -3.93. The van der Waals surface area contributed by atoms with Crippen molar-refractivity contribution in [1.82, 2.24) is 15.5 Å². The van der Waals surface area contributed by atoms with Gasteiger partial charge in [0.15, 0.2) is 5.82 Å². The molecule has 1 amide bonds. The molecule has 6 heteroatoms. The maximum Gasteiger partial charge on any atom is 0.266 e. The third-order valence-electron chi connectivity index (χ3n) is 5.97. The maximum absolute atomic E-state index is 13.9. The Morgan fingerprint density at radius 3 is 2.14 bits per heavy atom. The highest BCUT2D eigenvalue weighted by atomic mass is 16.5. The molecule has 1 heterocycles. The van der Waals surface area contributed by atoms with Gasteiger partial charge in [-0.1, -0.05) is 98.7 Å². The van der Waals surface area contributed by atoms with E-state index in [-0.39, 0.29) is 17.9 Å². The van der Waals surface area contributed by atoms with E-state index in [1.165, 1.54) is 6.39 Å². The number of hydrogen-bond acceptors (Lipinski definition) is 5. The smallest absolute Gasteiger partial charge is 0.266 e. The van der Waals surface area contributed by atoms with E-state index in [0.29, 0.717) is 17.5 Å². The summed E-state index contributed by atoms with van der Waals surface area (Å²) in [5.74, 6) is 1.20. The first-order valence-electron chi connectivity index (χ1n) is 11.9. The summed E-state index contributed by atoms with van der Waals surface area (Å²) in [4.78, 5) is 18.1. The molecule has 0 bridgehead atoms. The Morgan fingerprint density at radius 2 is 1.51 bits per heavy atom. The molecule has 4 aromatic rings. The van der Waals surface area contributed by atoms with Gasteiger partial charge in [0.05, 0.1) is 6.04 Å². The zero-order chi connectivity index (χ0) is 24.6. The van der Waals surface area contributed by atoms with Crippen LogP contribution in [0.3, 0.4) is 0 Å². The Morgan fingerprint density at radius 1 is 0.886 bits per heavy atom. The number of nitrogens with one attached hydrogen (secondary N) is 1.